The molecule has 0 fully saturated rings. The summed E-state index contributed by atoms with van der Waals surface area (Å²) in [5.74, 6) is 0.987. The van der Waals surface area contributed by atoms with Gasteiger partial charge in [0, 0.05) is 0 Å². The van der Waals surface area contributed by atoms with Crippen molar-refractivity contribution in [1.82, 2.24) is 10.6 Å². The first kappa shape index (κ1) is 16.0. The van der Waals surface area contributed by atoms with Crippen LogP contribution in [0.15, 0.2) is 12.1 Å². The molecule has 0 aliphatic rings. The maximum atomic E-state index is 5.34. The molecule has 3 heteroatoms. The molecule has 0 saturated heterocycles. The van der Waals surface area contributed by atoms with E-state index in [1.54, 1.807) is 7.11 Å². The summed E-state index contributed by atoms with van der Waals surface area (Å²) in [6.45, 7) is 7.53. The van der Waals surface area contributed by atoms with Gasteiger partial charge < -0.3 is 15.4 Å². The van der Waals surface area contributed by atoms with Gasteiger partial charge in [-0.05, 0) is 82.5 Å². The molecule has 2 N–H and O–H groups in total. The zero-order chi connectivity index (χ0) is 14.1. The molecular formula is C16H28N2O. The number of hydrogen-bond donors (Lipinski definition) is 2. The van der Waals surface area contributed by atoms with E-state index >= 15 is 0 Å². The molecule has 0 aliphatic carbocycles. The van der Waals surface area contributed by atoms with E-state index in [2.05, 4.69) is 36.6 Å². The van der Waals surface area contributed by atoms with E-state index in [9.17, 15) is 0 Å². The van der Waals surface area contributed by atoms with E-state index in [1.807, 2.05) is 7.05 Å². The summed E-state index contributed by atoms with van der Waals surface area (Å²) in [4.78, 5) is 0. The molecule has 0 aliphatic heterocycles. The van der Waals surface area contributed by atoms with Crippen LogP contribution in [0.5, 0.6) is 5.75 Å². The number of unbranched alkanes of at least 4 members (excludes halogenated alkanes) is 1. The molecule has 0 saturated carbocycles. The van der Waals surface area contributed by atoms with Crippen molar-refractivity contribution in [3.05, 3.63) is 28.8 Å². The highest BCUT2D eigenvalue weighted by molar-refractivity contribution is 5.41. The van der Waals surface area contributed by atoms with Crippen molar-refractivity contribution in [1.29, 1.82) is 0 Å². The van der Waals surface area contributed by atoms with Crippen LogP contribution in [0.2, 0.25) is 0 Å². The lowest BCUT2D eigenvalue weighted by Crippen LogP contribution is -2.20. The van der Waals surface area contributed by atoms with Crippen LogP contribution in [-0.4, -0.2) is 33.8 Å². The van der Waals surface area contributed by atoms with Crippen molar-refractivity contribution >= 4 is 0 Å². The second-order valence-corrected chi connectivity index (χ2v) is 5.06. The van der Waals surface area contributed by atoms with Gasteiger partial charge in [0.1, 0.15) is 5.75 Å². The summed E-state index contributed by atoms with van der Waals surface area (Å²) in [5, 5.41) is 6.68. The van der Waals surface area contributed by atoms with Crippen molar-refractivity contribution in [2.45, 2.75) is 33.1 Å². The zero-order valence-electron chi connectivity index (χ0n) is 12.8. The predicted octanol–water partition coefficient (Wildman–Crippen LogP) is 2.44. The van der Waals surface area contributed by atoms with E-state index in [-0.39, 0.29) is 0 Å². The normalized spacial score (nSPS) is 10.7. The van der Waals surface area contributed by atoms with E-state index in [4.69, 9.17) is 4.74 Å². The molecule has 0 spiro atoms. The Hall–Kier alpha value is -1.06. The van der Waals surface area contributed by atoms with Crippen LogP contribution in [0.25, 0.3) is 0 Å². The lowest BCUT2D eigenvalue weighted by molar-refractivity contribution is 0.411. The highest BCUT2D eigenvalue weighted by Crippen LogP contribution is 2.22. The van der Waals surface area contributed by atoms with Gasteiger partial charge in [0.25, 0.3) is 0 Å². The van der Waals surface area contributed by atoms with Crippen LogP contribution < -0.4 is 15.4 Å². The van der Waals surface area contributed by atoms with Gasteiger partial charge >= 0.3 is 0 Å². The first-order valence-electron chi connectivity index (χ1n) is 7.18. The lowest BCUT2D eigenvalue weighted by atomic mass is 10.0. The maximum Gasteiger partial charge on any atom is 0.122 e. The summed E-state index contributed by atoms with van der Waals surface area (Å²) >= 11 is 0. The van der Waals surface area contributed by atoms with E-state index in [0.29, 0.717) is 0 Å². The Morgan fingerprint density at radius 1 is 1.00 bits per heavy atom. The van der Waals surface area contributed by atoms with Crippen molar-refractivity contribution in [3.63, 3.8) is 0 Å². The number of hydrogen-bond acceptors (Lipinski definition) is 3. The SMILES string of the molecule is CNCCCCNCCc1cc(C)c(OC)cc1C. The van der Waals surface area contributed by atoms with Crippen LogP contribution in [0.1, 0.15) is 29.5 Å². The summed E-state index contributed by atoms with van der Waals surface area (Å²) < 4.78 is 5.34. The minimum atomic E-state index is 0.987. The smallest absolute Gasteiger partial charge is 0.122 e. The largest absolute Gasteiger partial charge is 0.496 e. The number of benzene rings is 1. The second-order valence-electron chi connectivity index (χ2n) is 5.06. The third-order valence-corrected chi connectivity index (χ3v) is 3.45. The summed E-state index contributed by atoms with van der Waals surface area (Å²) in [7, 11) is 3.73. The van der Waals surface area contributed by atoms with E-state index in [1.165, 1.54) is 29.5 Å². The molecule has 0 bridgehead atoms. The number of aryl methyl sites for hydroxylation is 2. The molecule has 0 atom stereocenters. The number of ether oxygens (including phenoxy) is 1. The molecule has 0 amide bonds. The Kier molecular flexibility index (Phi) is 7.53. The van der Waals surface area contributed by atoms with Gasteiger partial charge in [-0.3, -0.25) is 0 Å². The molecule has 19 heavy (non-hydrogen) atoms. The third kappa shape index (κ3) is 5.62. The molecule has 3 nitrogen and oxygen atoms in total. The van der Waals surface area contributed by atoms with Crippen LogP contribution in [0.3, 0.4) is 0 Å². The quantitative estimate of drug-likeness (QED) is 0.672. The number of rotatable bonds is 9. The molecule has 0 heterocycles. The second kappa shape index (κ2) is 8.94. The minimum absolute atomic E-state index is 0.987. The standard InChI is InChI=1S/C16H28N2O/c1-13-12-16(19-4)14(2)11-15(13)7-10-18-9-6-5-8-17-3/h11-12,17-18H,5-10H2,1-4H3. The predicted molar refractivity (Wildman–Crippen MR) is 82.2 cm³/mol. The van der Waals surface area contributed by atoms with Crippen molar-refractivity contribution in [3.8, 4) is 5.75 Å². The van der Waals surface area contributed by atoms with E-state index in [0.717, 1.165) is 31.8 Å². The molecule has 1 aromatic rings. The summed E-state index contributed by atoms with van der Waals surface area (Å²) in [6, 6.07) is 4.38. The fourth-order valence-corrected chi connectivity index (χ4v) is 2.24. The molecule has 0 aromatic heterocycles. The average Bonchev–Trinajstić information content (AvgIpc) is 2.41. The van der Waals surface area contributed by atoms with Gasteiger partial charge in [-0.25, -0.2) is 0 Å². The number of nitrogens with one attached hydrogen (secondary N) is 2. The van der Waals surface area contributed by atoms with Gasteiger partial charge in [-0.15, -0.1) is 0 Å². The monoisotopic (exact) mass is 264 g/mol. The Labute approximate surface area is 117 Å². The van der Waals surface area contributed by atoms with Crippen molar-refractivity contribution < 1.29 is 4.74 Å². The Morgan fingerprint density at radius 2 is 1.74 bits per heavy atom. The fraction of sp³-hybridized carbons (Fsp3) is 0.625. The fourth-order valence-electron chi connectivity index (χ4n) is 2.24. The van der Waals surface area contributed by atoms with Crippen LogP contribution >= 0.6 is 0 Å². The van der Waals surface area contributed by atoms with Gasteiger partial charge in [-0.2, -0.15) is 0 Å². The molecule has 0 unspecified atom stereocenters. The highest BCUT2D eigenvalue weighted by atomic mass is 16.5. The molecule has 108 valence electrons. The topological polar surface area (TPSA) is 33.3 Å². The van der Waals surface area contributed by atoms with E-state index < -0.39 is 0 Å². The van der Waals surface area contributed by atoms with Gasteiger partial charge in [0.05, 0.1) is 7.11 Å². The molecule has 1 rings (SSSR count). The molecule has 1 aromatic carbocycles. The van der Waals surface area contributed by atoms with Gasteiger partial charge in [0.15, 0.2) is 0 Å². The zero-order valence-corrected chi connectivity index (χ0v) is 12.8. The number of methoxy groups -OCH3 is 1. The Morgan fingerprint density at radius 3 is 2.42 bits per heavy atom. The third-order valence-electron chi connectivity index (χ3n) is 3.45. The maximum absolute atomic E-state index is 5.34. The lowest BCUT2D eigenvalue weighted by Gasteiger charge is -2.12. The van der Waals surface area contributed by atoms with Crippen molar-refractivity contribution in [2.75, 3.05) is 33.8 Å². The van der Waals surface area contributed by atoms with Crippen LogP contribution in [0, 0.1) is 13.8 Å². The Balaban J connectivity index is 2.31. The van der Waals surface area contributed by atoms with Crippen molar-refractivity contribution in [2.24, 2.45) is 0 Å². The molecule has 0 radical (unpaired) electrons. The van der Waals surface area contributed by atoms with Crippen LogP contribution in [0.4, 0.5) is 0 Å². The van der Waals surface area contributed by atoms with Gasteiger partial charge in [0.2, 0.25) is 0 Å². The Bertz CT molecular complexity index is 377. The summed E-state index contributed by atoms with van der Waals surface area (Å²) in [6.07, 6.45) is 3.56. The van der Waals surface area contributed by atoms with Gasteiger partial charge in [-0.1, -0.05) is 6.07 Å². The summed E-state index contributed by atoms with van der Waals surface area (Å²) in [5.41, 5.74) is 3.96. The highest BCUT2D eigenvalue weighted by Gasteiger charge is 2.04. The minimum Gasteiger partial charge on any atom is -0.496 e. The van der Waals surface area contributed by atoms with Crippen LogP contribution in [-0.2, 0) is 6.42 Å². The molecular weight excluding hydrogens is 236 g/mol. The first-order valence-corrected chi connectivity index (χ1v) is 7.18. The average molecular weight is 264 g/mol. The first-order chi connectivity index (χ1) is 9.19.